The fourth-order valence-electron chi connectivity index (χ4n) is 5.30. The molecule has 2 heterocycles. The first kappa shape index (κ1) is 24.8. The first-order valence-electron chi connectivity index (χ1n) is 13.0. The summed E-state index contributed by atoms with van der Waals surface area (Å²) in [6.45, 7) is 6.68. The molecule has 1 amide bonds. The zero-order chi connectivity index (χ0) is 25.2. The summed E-state index contributed by atoms with van der Waals surface area (Å²) in [4.78, 5) is 23.0. The van der Waals surface area contributed by atoms with E-state index in [2.05, 4.69) is 45.4 Å². The Balaban J connectivity index is 1.36. The van der Waals surface area contributed by atoms with Crippen molar-refractivity contribution >= 4 is 22.9 Å². The monoisotopic (exact) mass is 504 g/mol. The summed E-state index contributed by atoms with van der Waals surface area (Å²) in [5.74, 6) is 1.02. The van der Waals surface area contributed by atoms with Gasteiger partial charge in [-0.2, -0.15) is 0 Å². The molecule has 1 saturated heterocycles. The number of thiazole rings is 1. The van der Waals surface area contributed by atoms with Crippen molar-refractivity contribution in [2.24, 2.45) is 0 Å². The van der Waals surface area contributed by atoms with E-state index in [1.807, 2.05) is 40.2 Å². The van der Waals surface area contributed by atoms with Gasteiger partial charge in [-0.1, -0.05) is 18.2 Å². The first-order valence-corrected chi connectivity index (χ1v) is 13.8. The Morgan fingerprint density at radius 1 is 1.22 bits per heavy atom. The second kappa shape index (κ2) is 10.6. The summed E-state index contributed by atoms with van der Waals surface area (Å²) < 4.78 is 6.01. The Hall–Kier alpha value is -2.90. The van der Waals surface area contributed by atoms with Crippen LogP contribution in [0.15, 0.2) is 42.6 Å². The number of nitrogens with zero attached hydrogens (tertiary/aromatic N) is 3. The van der Waals surface area contributed by atoms with E-state index in [4.69, 9.17) is 9.72 Å². The van der Waals surface area contributed by atoms with Crippen LogP contribution in [0, 0.1) is 0 Å². The summed E-state index contributed by atoms with van der Waals surface area (Å²) in [5, 5.41) is 4.29. The Morgan fingerprint density at radius 2 is 2.03 bits per heavy atom. The Bertz CT molecular complexity index is 1230. The zero-order valence-corrected chi connectivity index (χ0v) is 22.5. The molecule has 5 rings (SSSR count). The number of nitrogens with one attached hydrogen (secondary N) is 1. The number of rotatable bonds is 8. The van der Waals surface area contributed by atoms with Crippen LogP contribution in [0.25, 0.3) is 21.0 Å². The van der Waals surface area contributed by atoms with Gasteiger partial charge in [-0.25, -0.2) is 4.98 Å². The standard InChI is InChI=1S/C29H36N4O2S/c1-19(2)35-26-13-10-20(16-25(26)32(3)4)29-30-17-27(36-29)23-9-7-8-22-21(23)11-12-24(22)31-28(34)18-33-14-5-6-15-33/h7-10,13,16-17,19,24H,5-6,11-12,14-15,18H2,1-4H3,(H,31,34)/t24-/m0/s1. The maximum atomic E-state index is 12.7. The molecular formula is C29H36N4O2S. The van der Waals surface area contributed by atoms with Crippen LogP contribution in [0.2, 0.25) is 0 Å². The molecule has 3 aromatic rings. The molecular weight excluding hydrogens is 468 g/mol. The highest BCUT2D eigenvalue weighted by Gasteiger charge is 2.27. The van der Waals surface area contributed by atoms with Crippen LogP contribution in [0.3, 0.4) is 0 Å². The van der Waals surface area contributed by atoms with E-state index in [-0.39, 0.29) is 18.1 Å². The van der Waals surface area contributed by atoms with Crippen molar-refractivity contribution in [2.45, 2.75) is 51.7 Å². The van der Waals surface area contributed by atoms with Crippen LogP contribution < -0.4 is 15.0 Å². The van der Waals surface area contributed by atoms with Gasteiger partial charge in [-0.05, 0) is 87.5 Å². The maximum absolute atomic E-state index is 12.7. The normalized spacial score (nSPS) is 17.4. The van der Waals surface area contributed by atoms with Crippen LogP contribution in [-0.4, -0.2) is 55.6 Å². The number of anilines is 1. The number of hydrogen-bond donors (Lipinski definition) is 1. The van der Waals surface area contributed by atoms with E-state index in [1.54, 1.807) is 11.3 Å². The number of amides is 1. The number of fused-ring (bicyclic) bond motifs is 1. The molecule has 36 heavy (non-hydrogen) atoms. The van der Waals surface area contributed by atoms with Crippen molar-refractivity contribution in [2.75, 3.05) is 38.6 Å². The summed E-state index contributed by atoms with van der Waals surface area (Å²) in [5.41, 5.74) is 5.97. The fraction of sp³-hybridized carbons (Fsp3) is 0.448. The molecule has 2 aromatic carbocycles. The molecule has 0 bridgehead atoms. The minimum atomic E-state index is 0.0959. The van der Waals surface area contributed by atoms with Gasteiger partial charge in [-0.15, -0.1) is 11.3 Å². The highest BCUT2D eigenvalue weighted by Crippen LogP contribution is 2.42. The van der Waals surface area contributed by atoms with E-state index in [0.717, 1.165) is 47.9 Å². The number of hydrogen-bond acceptors (Lipinski definition) is 6. The number of likely N-dealkylation sites (tertiary alicyclic amines) is 1. The highest BCUT2D eigenvalue weighted by atomic mass is 32.1. The Morgan fingerprint density at radius 3 is 2.78 bits per heavy atom. The summed E-state index contributed by atoms with van der Waals surface area (Å²) >= 11 is 1.72. The van der Waals surface area contributed by atoms with Crippen LogP contribution in [0.5, 0.6) is 5.75 Å². The van der Waals surface area contributed by atoms with Crippen LogP contribution in [0.1, 0.15) is 50.3 Å². The van der Waals surface area contributed by atoms with Crippen molar-refractivity contribution in [3.05, 3.63) is 53.7 Å². The van der Waals surface area contributed by atoms with Crippen LogP contribution in [0.4, 0.5) is 5.69 Å². The molecule has 2 aliphatic rings. The maximum Gasteiger partial charge on any atom is 0.234 e. The SMILES string of the molecule is CC(C)Oc1ccc(-c2ncc(-c3cccc4c3CC[C@@H]4NC(=O)CN3CCCC3)s2)cc1N(C)C. The molecule has 7 heteroatoms. The van der Waals surface area contributed by atoms with Gasteiger partial charge in [0.25, 0.3) is 0 Å². The number of ether oxygens (including phenoxy) is 1. The van der Waals surface area contributed by atoms with E-state index >= 15 is 0 Å². The van der Waals surface area contributed by atoms with Gasteiger partial charge < -0.3 is 15.0 Å². The van der Waals surface area contributed by atoms with Gasteiger partial charge in [0.2, 0.25) is 5.91 Å². The van der Waals surface area contributed by atoms with Crippen LogP contribution >= 0.6 is 11.3 Å². The molecule has 0 spiro atoms. The smallest absolute Gasteiger partial charge is 0.234 e. The summed E-state index contributed by atoms with van der Waals surface area (Å²) in [6, 6.07) is 12.9. The number of benzene rings is 2. The lowest BCUT2D eigenvalue weighted by molar-refractivity contribution is -0.122. The van der Waals surface area contributed by atoms with Gasteiger partial charge in [0.05, 0.1) is 29.3 Å². The molecule has 1 N–H and O–H groups in total. The first-order chi connectivity index (χ1) is 17.4. The van der Waals surface area contributed by atoms with Gasteiger partial charge in [0, 0.05) is 25.9 Å². The highest BCUT2D eigenvalue weighted by molar-refractivity contribution is 7.18. The molecule has 1 fully saturated rings. The lowest BCUT2D eigenvalue weighted by atomic mass is 10.0. The summed E-state index contributed by atoms with van der Waals surface area (Å²) in [6.07, 6.45) is 6.43. The second-order valence-corrected chi connectivity index (χ2v) is 11.3. The number of carbonyl (C=O) groups excluding carboxylic acids is 1. The van der Waals surface area contributed by atoms with Gasteiger partial charge in [-0.3, -0.25) is 9.69 Å². The topological polar surface area (TPSA) is 57.7 Å². The molecule has 0 radical (unpaired) electrons. The molecule has 6 nitrogen and oxygen atoms in total. The molecule has 0 unspecified atom stereocenters. The lowest BCUT2D eigenvalue weighted by Gasteiger charge is -2.20. The van der Waals surface area contributed by atoms with Crippen molar-refractivity contribution in [1.82, 2.24) is 15.2 Å². The van der Waals surface area contributed by atoms with Crippen molar-refractivity contribution < 1.29 is 9.53 Å². The van der Waals surface area contributed by atoms with Crippen molar-refractivity contribution in [3.8, 4) is 26.8 Å². The largest absolute Gasteiger partial charge is 0.489 e. The lowest BCUT2D eigenvalue weighted by Crippen LogP contribution is -2.37. The van der Waals surface area contributed by atoms with Crippen molar-refractivity contribution in [3.63, 3.8) is 0 Å². The molecule has 1 aliphatic carbocycles. The van der Waals surface area contributed by atoms with E-state index < -0.39 is 0 Å². The zero-order valence-electron chi connectivity index (χ0n) is 21.7. The quantitative estimate of drug-likeness (QED) is 0.437. The third kappa shape index (κ3) is 5.27. The Kier molecular flexibility index (Phi) is 7.30. The Labute approximate surface area is 218 Å². The third-order valence-corrected chi connectivity index (χ3v) is 8.07. The molecule has 1 atom stereocenters. The van der Waals surface area contributed by atoms with E-state index in [0.29, 0.717) is 6.54 Å². The molecule has 0 saturated carbocycles. The number of aromatic nitrogens is 1. The third-order valence-electron chi connectivity index (χ3n) is 6.99. The predicted octanol–water partition coefficient (Wildman–Crippen LogP) is 5.53. The summed E-state index contributed by atoms with van der Waals surface area (Å²) in [7, 11) is 4.07. The minimum absolute atomic E-state index is 0.0959. The predicted molar refractivity (Wildman–Crippen MR) is 148 cm³/mol. The fourth-order valence-corrected chi connectivity index (χ4v) is 6.27. The average Bonchev–Trinajstić information content (AvgIpc) is 3.60. The van der Waals surface area contributed by atoms with Gasteiger partial charge >= 0.3 is 0 Å². The van der Waals surface area contributed by atoms with Crippen LogP contribution in [-0.2, 0) is 11.2 Å². The van der Waals surface area contributed by atoms with E-state index in [9.17, 15) is 4.79 Å². The van der Waals surface area contributed by atoms with Crippen molar-refractivity contribution in [1.29, 1.82) is 0 Å². The second-order valence-electron chi connectivity index (χ2n) is 10.3. The number of carbonyl (C=O) groups is 1. The molecule has 190 valence electrons. The molecule has 1 aliphatic heterocycles. The van der Waals surface area contributed by atoms with Gasteiger partial charge in [0.15, 0.2) is 0 Å². The molecule has 1 aromatic heterocycles. The average molecular weight is 505 g/mol. The van der Waals surface area contributed by atoms with Gasteiger partial charge in [0.1, 0.15) is 10.8 Å². The minimum Gasteiger partial charge on any atom is -0.489 e. The van der Waals surface area contributed by atoms with E-state index in [1.165, 1.54) is 34.4 Å².